The summed E-state index contributed by atoms with van der Waals surface area (Å²) in [5.41, 5.74) is 3.69. The van der Waals surface area contributed by atoms with E-state index in [2.05, 4.69) is 11.0 Å². The predicted molar refractivity (Wildman–Crippen MR) is 65.0 cm³/mol. The molecule has 2 aliphatic heterocycles. The Morgan fingerprint density at radius 2 is 2.11 bits per heavy atom. The second-order valence-electron chi connectivity index (χ2n) is 4.25. The average molecular weight is 306 g/mol. The van der Waals surface area contributed by atoms with E-state index in [0.717, 1.165) is 22.4 Å². The van der Waals surface area contributed by atoms with E-state index >= 15 is 0 Å². The molecule has 92 valence electrons. The Balaban J connectivity index is 0.00000120. The van der Waals surface area contributed by atoms with E-state index in [1.54, 1.807) is 6.07 Å². The summed E-state index contributed by atoms with van der Waals surface area (Å²) in [5, 5.41) is 19.3. The molecule has 2 aliphatic rings. The second kappa shape index (κ2) is 4.48. The minimum Gasteiger partial charge on any atom is -1.00 e. The van der Waals surface area contributed by atoms with Crippen molar-refractivity contribution >= 4 is 6.08 Å². The van der Waals surface area contributed by atoms with Crippen LogP contribution in [0.25, 0.3) is 6.08 Å². The normalized spacial score (nSPS) is 15.2. The number of benzene rings is 1. The second-order valence-corrected chi connectivity index (χ2v) is 4.25. The smallest absolute Gasteiger partial charge is 0.210 e. The number of fused-ring (bicyclic) bond motifs is 2. The number of rotatable bonds is 0. The fourth-order valence-corrected chi connectivity index (χ4v) is 2.22. The van der Waals surface area contributed by atoms with Crippen molar-refractivity contribution in [1.29, 1.82) is 0 Å². The van der Waals surface area contributed by atoms with Crippen molar-refractivity contribution in [2.75, 3.05) is 0 Å². The van der Waals surface area contributed by atoms with Gasteiger partial charge in [-0.25, -0.2) is 0 Å². The Morgan fingerprint density at radius 1 is 1.33 bits per heavy atom. The molecule has 0 aromatic heterocycles. The van der Waals surface area contributed by atoms with Crippen LogP contribution in [0.2, 0.25) is 0 Å². The quantitative estimate of drug-likeness (QED) is 0.499. The number of hydrogen-bond donors (Lipinski definition) is 2. The van der Waals surface area contributed by atoms with Crippen molar-refractivity contribution in [2.45, 2.75) is 13.5 Å². The summed E-state index contributed by atoms with van der Waals surface area (Å²) in [6.07, 6.45) is 10.9. The van der Waals surface area contributed by atoms with Gasteiger partial charge in [0, 0.05) is 17.2 Å². The molecule has 0 spiro atoms. The maximum atomic E-state index is 9.73. The third-order valence-corrected chi connectivity index (χ3v) is 3.21. The molecule has 1 aromatic rings. The van der Waals surface area contributed by atoms with Gasteiger partial charge in [-0.1, -0.05) is 0 Å². The molecule has 0 fully saturated rings. The van der Waals surface area contributed by atoms with Crippen molar-refractivity contribution in [3.05, 3.63) is 52.9 Å². The monoisotopic (exact) mass is 305 g/mol. The van der Waals surface area contributed by atoms with Crippen molar-refractivity contribution in [3.8, 4) is 11.5 Å². The van der Waals surface area contributed by atoms with E-state index in [1.807, 2.05) is 31.4 Å². The fourth-order valence-electron chi connectivity index (χ4n) is 2.22. The molecule has 0 radical (unpaired) electrons. The Labute approximate surface area is 116 Å². The van der Waals surface area contributed by atoms with Gasteiger partial charge in [-0.2, -0.15) is 0 Å². The molecule has 2 heterocycles. The lowest BCUT2D eigenvalue weighted by Gasteiger charge is -2.24. The molecule has 2 N–H and O–H groups in total. The number of hydrogen-bond acceptors (Lipinski definition) is 3. The number of phenols is 2. The largest absolute Gasteiger partial charge is 1.00 e. The van der Waals surface area contributed by atoms with E-state index in [4.69, 9.17) is 0 Å². The maximum Gasteiger partial charge on any atom is 0.210 e. The molecule has 0 unspecified atom stereocenters. The zero-order chi connectivity index (χ0) is 12.0. The van der Waals surface area contributed by atoms with Crippen LogP contribution in [-0.4, -0.2) is 15.1 Å². The summed E-state index contributed by atoms with van der Waals surface area (Å²) in [6, 6.07) is 1.60. The summed E-state index contributed by atoms with van der Waals surface area (Å²) in [7, 11) is 0. The van der Waals surface area contributed by atoms with Gasteiger partial charge in [0.25, 0.3) is 0 Å². The highest BCUT2D eigenvalue weighted by atomic mass is 79.9. The Hall–Kier alpha value is -1.77. The van der Waals surface area contributed by atoms with Crippen LogP contribution < -0.4 is 17.0 Å². The van der Waals surface area contributed by atoms with Gasteiger partial charge in [0.05, 0.1) is 31.0 Å². The average Bonchev–Trinajstić information content (AvgIpc) is 2.34. The lowest BCUT2D eigenvalue weighted by Crippen LogP contribution is -3.00. The molecule has 4 heteroatoms. The number of allylic oxidation sites excluding steroid dienone is 3. The Morgan fingerprint density at radius 3 is 2.89 bits per heavy atom. The van der Waals surface area contributed by atoms with E-state index < -0.39 is 0 Å². The summed E-state index contributed by atoms with van der Waals surface area (Å²) >= 11 is 0. The number of halogens is 1. The third kappa shape index (κ3) is 1.80. The zero-order valence-corrected chi connectivity index (χ0v) is 11.4. The Kier molecular flexibility index (Phi) is 3.16. The lowest BCUT2D eigenvalue weighted by molar-refractivity contribution is -0.00000512. The summed E-state index contributed by atoms with van der Waals surface area (Å²) in [6.45, 7) is 2.51. The highest BCUT2D eigenvalue weighted by Gasteiger charge is 2.25. The van der Waals surface area contributed by atoms with Gasteiger partial charge in [-0.15, -0.1) is 0 Å². The first-order valence-corrected chi connectivity index (χ1v) is 5.46. The number of phenolic OH excluding ortho intramolecular Hbond substituents is 2. The molecule has 0 bridgehead atoms. The van der Waals surface area contributed by atoms with Gasteiger partial charge in [0.2, 0.25) is 5.70 Å². The first kappa shape index (κ1) is 12.7. The van der Waals surface area contributed by atoms with Crippen LogP contribution in [0.15, 0.2) is 30.1 Å². The number of nitrogens with zero attached hydrogens (tertiary/aromatic N) is 1. The first-order chi connectivity index (χ1) is 8.16. The van der Waals surface area contributed by atoms with Gasteiger partial charge in [-0.3, -0.25) is 0 Å². The topological polar surface area (TPSA) is 43.7 Å². The molecule has 3 nitrogen and oxygen atoms in total. The van der Waals surface area contributed by atoms with Gasteiger partial charge < -0.3 is 32.1 Å². The van der Waals surface area contributed by atoms with Crippen LogP contribution in [0, 0.1) is 13.0 Å². The van der Waals surface area contributed by atoms with Gasteiger partial charge >= 0.3 is 0 Å². The van der Waals surface area contributed by atoms with E-state index in [1.165, 1.54) is 0 Å². The lowest BCUT2D eigenvalue weighted by atomic mass is 9.95. The number of aromatic hydroxyl groups is 2. The highest BCUT2D eigenvalue weighted by Crippen LogP contribution is 2.38. The van der Waals surface area contributed by atoms with Crippen LogP contribution >= 0.6 is 0 Å². The highest BCUT2D eigenvalue weighted by molar-refractivity contribution is 5.67. The molecule has 3 rings (SSSR count). The van der Waals surface area contributed by atoms with Crippen LogP contribution in [-0.2, 0) is 6.54 Å². The van der Waals surface area contributed by atoms with Gasteiger partial charge in [0.1, 0.15) is 6.08 Å². The van der Waals surface area contributed by atoms with E-state index in [9.17, 15) is 10.2 Å². The first-order valence-electron chi connectivity index (χ1n) is 5.46. The van der Waals surface area contributed by atoms with Crippen LogP contribution in [0.5, 0.6) is 11.5 Å². The summed E-state index contributed by atoms with van der Waals surface area (Å²) < 4.78 is 0. The SMILES string of the molecule is Cc1c(O)c(O)cc2c1CN1C=CC=[C+]C1=C2.[Br-]. The molecule has 1 aromatic carbocycles. The summed E-state index contributed by atoms with van der Waals surface area (Å²) in [4.78, 5) is 2.06. The van der Waals surface area contributed by atoms with Gasteiger partial charge in [0.15, 0.2) is 11.5 Å². The Bertz CT molecular complexity index is 588. The van der Waals surface area contributed by atoms with Crippen molar-refractivity contribution in [2.24, 2.45) is 0 Å². The zero-order valence-electron chi connectivity index (χ0n) is 9.81. The minimum absolute atomic E-state index is 0. The molecular formula is C14H12BrNO2. The summed E-state index contributed by atoms with van der Waals surface area (Å²) in [5.74, 6) is -0.0945. The molecule has 0 amide bonds. The van der Waals surface area contributed by atoms with E-state index in [0.29, 0.717) is 6.54 Å². The third-order valence-electron chi connectivity index (χ3n) is 3.21. The molecule has 0 aliphatic carbocycles. The molecule has 0 saturated heterocycles. The van der Waals surface area contributed by atoms with Crippen molar-refractivity contribution < 1.29 is 27.2 Å². The van der Waals surface area contributed by atoms with Crippen LogP contribution in [0.4, 0.5) is 0 Å². The molecular weight excluding hydrogens is 294 g/mol. The van der Waals surface area contributed by atoms with Crippen molar-refractivity contribution in [1.82, 2.24) is 4.90 Å². The minimum atomic E-state index is -0.0677. The standard InChI is InChI=1S/C14H11NO2.BrH/c1-9-12-8-15-5-3-2-4-11(15)6-10(12)7-13(16)14(9)17;/h2-3,5-7H,8H2,1H3,(H-,16,17);1H. The van der Waals surface area contributed by atoms with E-state index in [-0.39, 0.29) is 28.5 Å². The predicted octanol–water partition coefficient (Wildman–Crippen LogP) is -0.547. The molecule has 0 atom stereocenters. The van der Waals surface area contributed by atoms with Crippen molar-refractivity contribution in [3.63, 3.8) is 0 Å². The fraction of sp³-hybridized carbons (Fsp3) is 0.143. The molecule has 0 saturated carbocycles. The maximum absolute atomic E-state index is 9.73. The molecule has 18 heavy (non-hydrogen) atoms. The van der Waals surface area contributed by atoms with Gasteiger partial charge in [-0.05, 0) is 12.5 Å². The van der Waals surface area contributed by atoms with Crippen LogP contribution in [0.1, 0.15) is 16.7 Å². The van der Waals surface area contributed by atoms with Crippen LogP contribution in [0.3, 0.4) is 0 Å².